The number of pyridine rings is 1. The third-order valence-electron chi connectivity index (χ3n) is 7.45. The average Bonchev–Trinajstić information content (AvgIpc) is 3.45. The molecule has 11 nitrogen and oxygen atoms in total. The zero-order chi connectivity index (χ0) is 29.5. The van der Waals surface area contributed by atoms with Crippen LogP contribution in [0.1, 0.15) is 49.7 Å². The van der Waals surface area contributed by atoms with Crippen molar-refractivity contribution >= 4 is 29.5 Å². The fourth-order valence-corrected chi connectivity index (χ4v) is 5.35. The van der Waals surface area contributed by atoms with Crippen molar-refractivity contribution in [3.63, 3.8) is 0 Å². The molecular weight excluding hydrogens is 524 g/mol. The minimum absolute atomic E-state index is 0.000693. The van der Waals surface area contributed by atoms with Crippen LogP contribution in [0.4, 0.5) is 0 Å². The molecule has 0 unspecified atom stereocenters. The van der Waals surface area contributed by atoms with Crippen molar-refractivity contribution in [3.05, 3.63) is 66.0 Å². The number of fused-ring (bicyclic) bond motifs is 1. The van der Waals surface area contributed by atoms with E-state index in [1.54, 1.807) is 25.1 Å². The summed E-state index contributed by atoms with van der Waals surface area (Å²) in [5, 5.41) is 8.61. The third kappa shape index (κ3) is 7.47. The SMILES string of the molecule is CC(C)[C@@H]1NC(=O)[C@H]2CCCN2C(=O)[C@H](C)NC(=O)CN(C(=O)c2ccccn2)C[C@H](Cc2ccccc2)NC1=O. The van der Waals surface area contributed by atoms with E-state index in [0.29, 0.717) is 25.8 Å². The lowest BCUT2D eigenvalue weighted by Gasteiger charge is -2.30. The molecule has 0 radical (unpaired) electrons. The first-order valence-electron chi connectivity index (χ1n) is 14.1. The Hall–Kier alpha value is -4.28. The summed E-state index contributed by atoms with van der Waals surface area (Å²) in [4.78, 5) is 74.0. The number of carbonyl (C=O) groups is 5. The van der Waals surface area contributed by atoms with Gasteiger partial charge >= 0.3 is 0 Å². The van der Waals surface area contributed by atoms with Gasteiger partial charge in [0.2, 0.25) is 23.6 Å². The summed E-state index contributed by atoms with van der Waals surface area (Å²) in [5.74, 6) is -2.44. The van der Waals surface area contributed by atoms with E-state index in [0.717, 1.165) is 5.56 Å². The Kier molecular flexibility index (Phi) is 9.69. The number of aromatic nitrogens is 1. The number of rotatable bonds is 4. The molecule has 1 aromatic heterocycles. The molecule has 0 saturated carbocycles. The molecule has 5 amide bonds. The topological polar surface area (TPSA) is 141 Å². The molecule has 11 heteroatoms. The van der Waals surface area contributed by atoms with Crippen LogP contribution in [0.3, 0.4) is 0 Å². The fraction of sp³-hybridized carbons (Fsp3) is 0.467. The van der Waals surface area contributed by atoms with Crippen LogP contribution in [0.5, 0.6) is 0 Å². The van der Waals surface area contributed by atoms with E-state index in [1.165, 1.54) is 16.0 Å². The summed E-state index contributed by atoms with van der Waals surface area (Å²) in [6.07, 6.45) is 2.97. The normalized spacial score (nSPS) is 24.6. The average molecular weight is 563 g/mol. The van der Waals surface area contributed by atoms with Crippen LogP contribution in [0.25, 0.3) is 0 Å². The van der Waals surface area contributed by atoms with Gasteiger partial charge in [0.25, 0.3) is 5.91 Å². The molecular formula is C30H38N6O5. The monoisotopic (exact) mass is 562 g/mol. The minimum atomic E-state index is -0.909. The predicted molar refractivity (Wildman–Crippen MR) is 151 cm³/mol. The van der Waals surface area contributed by atoms with Crippen molar-refractivity contribution < 1.29 is 24.0 Å². The van der Waals surface area contributed by atoms with Gasteiger partial charge in [-0.1, -0.05) is 50.2 Å². The Labute approximate surface area is 240 Å². The van der Waals surface area contributed by atoms with Gasteiger partial charge in [-0.05, 0) is 49.8 Å². The van der Waals surface area contributed by atoms with Gasteiger partial charge in [-0.2, -0.15) is 0 Å². The summed E-state index contributed by atoms with van der Waals surface area (Å²) >= 11 is 0. The molecule has 3 N–H and O–H groups in total. The number of amides is 5. The van der Waals surface area contributed by atoms with E-state index in [9.17, 15) is 24.0 Å². The highest BCUT2D eigenvalue weighted by Gasteiger charge is 2.39. The molecule has 2 aliphatic heterocycles. The second-order valence-corrected chi connectivity index (χ2v) is 11.0. The first kappa shape index (κ1) is 29.7. The van der Waals surface area contributed by atoms with Crippen molar-refractivity contribution in [1.82, 2.24) is 30.7 Å². The largest absolute Gasteiger partial charge is 0.349 e. The maximum absolute atomic E-state index is 13.7. The molecule has 2 fully saturated rings. The lowest BCUT2D eigenvalue weighted by Crippen LogP contribution is -2.58. The second kappa shape index (κ2) is 13.4. The van der Waals surface area contributed by atoms with Gasteiger partial charge in [0, 0.05) is 19.3 Å². The van der Waals surface area contributed by atoms with Crippen molar-refractivity contribution in [1.29, 1.82) is 0 Å². The summed E-state index contributed by atoms with van der Waals surface area (Å²) in [6.45, 7) is 5.27. The first-order chi connectivity index (χ1) is 19.6. The van der Waals surface area contributed by atoms with Crippen molar-refractivity contribution in [2.45, 2.75) is 64.2 Å². The van der Waals surface area contributed by atoms with Gasteiger partial charge in [0.05, 0.1) is 12.6 Å². The van der Waals surface area contributed by atoms with Crippen LogP contribution in [0.2, 0.25) is 0 Å². The maximum atomic E-state index is 13.7. The molecule has 2 aromatic rings. The smallest absolute Gasteiger partial charge is 0.272 e. The zero-order valence-electron chi connectivity index (χ0n) is 23.7. The molecule has 0 bridgehead atoms. The van der Waals surface area contributed by atoms with Crippen LogP contribution >= 0.6 is 0 Å². The second-order valence-electron chi connectivity index (χ2n) is 11.0. The Morgan fingerprint density at radius 1 is 0.976 bits per heavy atom. The number of hydrogen-bond acceptors (Lipinski definition) is 6. The molecule has 4 rings (SSSR count). The quantitative estimate of drug-likeness (QED) is 0.506. The van der Waals surface area contributed by atoms with Gasteiger partial charge < -0.3 is 25.8 Å². The van der Waals surface area contributed by atoms with E-state index in [2.05, 4.69) is 20.9 Å². The molecule has 0 spiro atoms. The standard InChI is InChI=1S/C30H38N6O5/c1-19(2)26-28(39)33-22(16-21-10-5-4-6-11-21)17-35(30(41)23-12-7-8-14-31-23)18-25(37)32-20(3)29(40)36-15-9-13-24(36)27(38)34-26/h4-8,10-12,14,19-20,22,24,26H,9,13,15-18H2,1-3H3,(H,32,37)(H,33,39)(H,34,38)/t20-,22-,24+,26-/m0/s1. The van der Waals surface area contributed by atoms with Crippen LogP contribution < -0.4 is 16.0 Å². The number of nitrogens with zero attached hydrogens (tertiary/aromatic N) is 3. The van der Waals surface area contributed by atoms with Gasteiger partial charge in [0.15, 0.2) is 0 Å². The maximum Gasteiger partial charge on any atom is 0.272 e. The minimum Gasteiger partial charge on any atom is -0.349 e. The lowest BCUT2D eigenvalue weighted by molar-refractivity contribution is -0.142. The summed E-state index contributed by atoms with van der Waals surface area (Å²) in [7, 11) is 0. The Morgan fingerprint density at radius 2 is 1.71 bits per heavy atom. The summed E-state index contributed by atoms with van der Waals surface area (Å²) < 4.78 is 0. The molecule has 0 aliphatic carbocycles. The molecule has 4 atom stereocenters. The van der Waals surface area contributed by atoms with Gasteiger partial charge in [-0.3, -0.25) is 29.0 Å². The van der Waals surface area contributed by atoms with Gasteiger partial charge in [0.1, 0.15) is 23.8 Å². The highest BCUT2D eigenvalue weighted by Crippen LogP contribution is 2.20. The van der Waals surface area contributed by atoms with Crippen LogP contribution in [-0.4, -0.2) is 88.1 Å². The van der Waals surface area contributed by atoms with Gasteiger partial charge in [-0.25, -0.2) is 0 Å². The summed E-state index contributed by atoms with van der Waals surface area (Å²) in [5.41, 5.74) is 1.08. The fourth-order valence-electron chi connectivity index (χ4n) is 5.35. The van der Waals surface area contributed by atoms with Crippen LogP contribution in [0, 0.1) is 5.92 Å². The predicted octanol–water partition coefficient (Wildman–Crippen LogP) is 0.901. The van der Waals surface area contributed by atoms with Crippen molar-refractivity contribution in [3.8, 4) is 0 Å². The van der Waals surface area contributed by atoms with E-state index >= 15 is 0 Å². The number of nitrogens with one attached hydrogen (secondary N) is 3. The van der Waals surface area contributed by atoms with E-state index in [1.807, 2.05) is 44.2 Å². The number of carbonyl (C=O) groups excluding carboxylic acids is 5. The molecule has 1 aromatic carbocycles. The molecule has 2 saturated heterocycles. The number of hydrogen-bond donors (Lipinski definition) is 3. The Balaban J connectivity index is 1.71. The van der Waals surface area contributed by atoms with Crippen molar-refractivity contribution in [2.75, 3.05) is 19.6 Å². The van der Waals surface area contributed by atoms with Crippen LogP contribution in [0.15, 0.2) is 54.7 Å². The third-order valence-corrected chi connectivity index (χ3v) is 7.45. The van der Waals surface area contributed by atoms with E-state index in [4.69, 9.17) is 0 Å². The Bertz CT molecular complexity index is 1250. The summed E-state index contributed by atoms with van der Waals surface area (Å²) in [6, 6.07) is 11.3. The zero-order valence-corrected chi connectivity index (χ0v) is 23.7. The highest BCUT2D eigenvalue weighted by molar-refractivity contribution is 5.97. The van der Waals surface area contributed by atoms with E-state index in [-0.39, 0.29) is 30.6 Å². The molecule has 2 aliphatic rings. The lowest BCUT2D eigenvalue weighted by atomic mass is 10.00. The molecule has 218 valence electrons. The van der Waals surface area contributed by atoms with Crippen LogP contribution in [-0.2, 0) is 25.6 Å². The Morgan fingerprint density at radius 3 is 2.39 bits per heavy atom. The van der Waals surface area contributed by atoms with Crippen molar-refractivity contribution in [2.24, 2.45) is 5.92 Å². The molecule has 41 heavy (non-hydrogen) atoms. The molecule has 3 heterocycles. The number of benzene rings is 1. The highest BCUT2D eigenvalue weighted by atomic mass is 16.2. The van der Waals surface area contributed by atoms with Gasteiger partial charge in [-0.15, -0.1) is 0 Å². The van der Waals surface area contributed by atoms with E-state index < -0.39 is 47.8 Å². The first-order valence-corrected chi connectivity index (χ1v) is 14.1.